The Morgan fingerprint density at radius 2 is 1.95 bits per heavy atom. The van der Waals surface area contributed by atoms with Gasteiger partial charge in [-0.2, -0.15) is 0 Å². The van der Waals surface area contributed by atoms with Gasteiger partial charge in [0.1, 0.15) is 0 Å². The minimum atomic E-state index is -3.77. The van der Waals surface area contributed by atoms with Crippen LogP contribution in [0.2, 0.25) is 0 Å². The monoisotopic (exact) mass is 298 g/mol. The molecule has 0 radical (unpaired) electrons. The second kappa shape index (κ2) is 5.16. The van der Waals surface area contributed by atoms with Gasteiger partial charge in [-0.3, -0.25) is 4.79 Å². The van der Waals surface area contributed by atoms with E-state index in [-0.39, 0.29) is 16.3 Å². The Balaban J connectivity index is 2.54. The normalized spacial score (nSPS) is 11.5. The lowest BCUT2D eigenvalue weighted by Crippen LogP contribution is -2.13. The predicted molar refractivity (Wildman–Crippen MR) is 73.4 cm³/mol. The van der Waals surface area contributed by atoms with Gasteiger partial charge in [-0.25, -0.2) is 13.6 Å². The molecule has 1 aromatic carbocycles. The fraction of sp³-hybridized carbons (Fsp3) is 0.0833. The first-order valence-electron chi connectivity index (χ1n) is 5.33. The molecular formula is C12H11ClN2O3S. The third-order valence-corrected chi connectivity index (χ3v) is 3.81. The van der Waals surface area contributed by atoms with Crippen LogP contribution in [0.1, 0.15) is 5.56 Å². The second-order valence-corrected chi connectivity index (χ2v) is 5.76. The molecule has 2 rings (SSSR count). The predicted octanol–water partition coefficient (Wildman–Crippen LogP) is 1.43. The zero-order valence-electron chi connectivity index (χ0n) is 9.76. The Kier molecular flexibility index (Phi) is 3.75. The number of benzene rings is 1. The maximum atomic E-state index is 11.6. The van der Waals surface area contributed by atoms with E-state index in [2.05, 4.69) is 4.98 Å². The zero-order chi connectivity index (χ0) is 14.0. The van der Waals surface area contributed by atoms with Crippen molar-refractivity contribution >= 4 is 21.6 Å². The number of pyridine rings is 1. The van der Waals surface area contributed by atoms with Crippen molar-refractivity contribution in [3.8, 4) is 11.3 Å². The average molecular weight is 299 g/mol. The van der Waals surface area contributed by atoms with Crippen LogP contribution in [0.3, 0.4) is 0 Å². The molecule has 0 spiro atoms. The topological polar surface area (TPSA) is 93.0 Å². The number of primary sulfonamides is 1. The van der Waals surface area contributed by atoms with Crippen LogP contribution in [0.5, 0.6) is 0 Å². The third kappa shape index (κ3) is 3.04. The number of alkyl halides is 1. The van der Waals surface area contributed by atoms with Gasteiger partial charge in [-0.05, 0) is 23.8 Å². The van der Waals surface area contributed by atoms with Crippen LogP contribution in [0, 0.1) is 0 Å². The largest absolute Gasteiger partial charge is 0.322 e. The van der Waals surface area contributed by atoms with Gasteiger partial charge in [-0.1, -0.05) is 18.2 Å². The van der Waals surface area contributed by atoms with Crippen LogP contribution in [-0.2, 0) is 15.9 Å². The molecule has 1 aromatic heterocycles. The Hall–Kier alpha value is -1.63. The Morgan fingerprint density at radius 1 is 1.21 bits per heavy atom. The highest BCUT2D eigenvalue weighted by molar-refractivity contribution is 7.89. The SMILES string of the molecule is NS(=O)(=O)c1cccc(-c2ccc(CCl)c(=O)[nH]2)c1. The molecular weight excluding hydrogens is 288 g/mol. The van der Waals surface area contributed by atoms with Crippen molar-refractivity contribution in [1.29, 1.82) is 0 Å². The molecule has 1 heterocycles. The van der Waals surface area contributed by atoms with Crippen molar-refractivity contribution in [2.45, 2.75) is 10.8 Å². The van der Waals surface area contributed by atoms with Gasteiger partial charge in [0.2, 0.25) is 10.0 Å². The molecule has 0 fully saturated rings. The first-order valence-corrected chi connectivity index (χ1v) is 7.41. The number of nitrogens with two attached hydrogens (primary N) is 1. The summed E-state index contributed by atoms with van der Waals surface area (Å²) < 4.78 is 22.5. The first-order chi connectivity index (χ1) is 8.91. The summed E-state index contributed by atoms with van der Waals surface area (Å²) in [5.41, 5.74) is 1.22. The Labute approximate surface area is 115 Å². The van der Waals surface area contributed by atoms with Gasteiger partial charge < -0.3 is 4.98 Å². The summed E-state index contributed by atoms with van der Waals surface area (Å²) in [6.07, 6.45) is 0. The standard InChI is InChI=1S/C12H11ClN2O3S/c13-7-9-4-5-11(15-12(9)16)8-2-1-3-10(6-8)19(14,17)18/h1-6H,7H2,(H,15,16)(H2,14,17,18). The van der Waals surface area contributed by atoms with E-state index in [1.807, 2.05) is 0 Å². The molecule has 0 aliphatic heterocycles. The number of H-pyrrole nitrogens is 1. The van der Waals surface area contributed by atoms with Gasteiger partial charge in [0, 0.05) is 11.3 Å². The van der Waals surface area contributed by atoms with Crippen LogP contribution in [0.4, 0.5) is 0 Å². The number of hydrogen-bond acceptors (Lipinski definition) is 3. The molecule has 0 atom stereocenters. The summed E-state index contributed by atoms with van der Waals surface area (Å²) in [4.78, 5) is 14.3. The number of hydrogen-bond donors (Lipinski definition) is 2. The maximum Gasteiger partial charge on any atom is 0.252 e. The van der Waals surface area contributed by atoms with Crippen molar-refractivity contribution < 1.29 is 8.42 Å². The van der Waals surface area contributed by atoms with E-state index in [1.165, 1.54) is 12.1 Å². The lowest BCUT2D eigenvalue weighted by atomic mass is 10.1. The highest BCUT2D eigenvalue weighted by atomic mass is 35.5. The quantitative estimate of drug-likeness (QED) is 0.839. The van der Waals surface area contributed by atoms with Crippen LogP contribution >= 0.6 is 11.6 Å². The van der Waals surface area contributed by atoms with Crippen LogP contribution < -0.4 is 10.7 Å². The second-order valence-electron chi connectivity index (χ2n) is 3.93. The third-order valence-electron chi connectivity index (χ3n) is 2.61. The van der Waals surface area contributed by atoms with Crippen LogP contribution in [0.15, 0.2) is 46.1 Å². The van der Waals surface area contributed by atoms with Crippen LogP contribution in [-0.4, -0.2) is 13.4 Å². The summed E-state index contributed by atoms with van der Waals surface area (Å²) in [5, 5.41) is 5.06. The van der Waals surface area contributed by atoms with E-state index < -0.39 is 10.0 Å². The minimum absolute atomic E-state index is 0.00716. The van der Waals surface area contributed by atoms with E-state index in [0.717, 1.165) is 0 Å². The van der Waals surface area contributed by atoms with Gasteiger partial charge >= 0.3 is 0 Å². The highest BCUT2D eigenvalue weighted by Gasteiger charge is 2.09. The lowest BCUT2D eigenvalue weighted by molar-refractivity contribution is 0.598. The number of sulfonamides is 1. The molecule has 19 heavy (non-hydrogen) atoms. The molecule has 7 heteroatoms. The zero-order valence-corrected chi connectivity index (χ0v) is 11.3. The smallest absolute Gasteiger partial charge is 0.252 e. The molecule has 0 unspecified atom stereocenters. The van der Waals surface area contributed by atoms with Gasteiger partial charge in [0.25, 0.3) is 5.56 Å². The van der Waals surface area contributed by atoms with E-state index >= 15 is 0 Å². The Bertz CT molecular complexity index is 769. The molecule has 5 nitrogen and oxygen atoms in total. The van der Waals surface area contributed by atoms with E-state index in [1.54, 1.807) is 24.3 Å². The molecule has 0 aliphatic rings. The summed E-state index contributed by atoms with van der Waals surface area (Å²) in [6, 6.07) is 9.31. The fourth-order valence-corrected chi connectivity index (χ4v) is 2.39. The Morgan fingerprint density at radius 3 is 2.53 bits per heavy atom. The summed E-state index contributed by atoms with van der Waals surface area (Å²) in [5.74, 6) is 0.118. The van der Waals surface area contributed by atoms with Gasteiger partial charge in [-0.15, -0.1) is 11.6 Å². The number of aromatic nitrogens is 1. The minimum Gasteiger partial charge on any atom is -0.322 e. The molecule has 0 saturated heterocycles. The van der Waals surface area contributed by atoms with E-state index in [9.17, 15) is 13.2 Å². The van der Waals surface area contributed by atoms with Crippen molar-refractivity contribution in [3.63, 3.8) is 0 Å². The fourth-order valence-electron chi connectivity index (χ4n) is 1.62. The summed E-state index contributed by atoms with van der Waals surface area (Å²) in [7, 11) is -3.77. The molecule has 0 aliphatic carbocycles. The van der Waals surface area contributed by atoms with Gasteiger partial charge in [0.05, 0.1) is 10.8 Å². The van der Waals surface area contributed by atoms with Crippen molar-refractivity contribution in [2.75, 3.05) is 0 Å². The molecule has 0 saturated carbocycles. The maximum absolute atomic E-state index is 11.6. The number of aromatic amines is 1. The summed E-state index contributed by atoms with van der Waals surface area (Å²) >= 11 is 5.60. The highest BCUT2D eigenvalue weighted by Crippen LogP contribution is 2.19. The average Bonchev–Trinajstić information content (AvgIpc) is 2.38. The van der Waals surface area contributed by atoms with Gasteiger partial charge in [0.15, 0.2) is 0 Å². The lowest BCUT2D eigenvalue weighted by Gasteiger charge is -2.05. The van der Waals surface area contributed by atoms with Crippen molar-refractivity contribution in [3.05, 3.63) is 52.3 Å². The molecule has 2 aromatic rings. The number of nitrogens with one attached hydrogen (secondary N) is 1. The van der Waals surface area contributed by atoms with E-state index in [0.29, 0.717) is 16.8 Å². The van der Waals surface area contributed by atoms with Crippen LogP contribution in [0.25, 0.3) is 11.3 Å². The number of rotatable bonds is 3. The number of halogens is 1. The molecule has 100 valence electrons. The first kappa shape index (κ1) is 13.8. The summed E-state index contributed by atoms with van der Waals surface area (Å²) in [6.45, 7) is 0. The molecule has 3 N–H and O–H groups in total. The van der Waals surface area contributed by atoms with E-state index in [4.69, 9.17) is 16.7 Å². The molecule has 0 amide bonds. The van der Waals surface area contributed by atoms with Crippen molar-refractivity contribution in [1.82, 2.24) is 4.98 Å². The molecule has 0 bridgehead atoms. The van der Waals surface area contributed by atoms with Crippen molar-refractivity contribution in [2.24, 2.45) is 5.14 Å².